The summed E-state index contributed by atoms with van der Waals surface area (Å²) in [5.41, 5.74) is 0. The van der Waals surface area contributed by atoms with E-state index in [0.29, 0.717) is 12.3 Å². The lowest BCUT2D eigenvalue weighted by Crippen LogP contribution is -2.45. The number of hydrogen-bond donors (Lipinski definition) is 1. The second-order valence-electron chi connectivity index (χ2n) is 6.54. The van der Waals surface area contributed by atoms with Crippen molar-refractivity contribution in [2.24, 2.45) is 5.92 Å². The highest BCUT2D eigenvalue weighted by molar-refractivity contribution is 5.77. The fourth-order valence-electron chi connectivity index (χ4n) is 3.24. The van der Waals surface area contributed by atoms with E-state index in [9.17, 15) is 4.79 Å². The molecule has 0 aromatic carbocycles. The monoisotopic (exact) mass is 282 g/mol. The Balaban J connectivity index is 1.84. The van der Waals surface area contributed by atoms with E-state index in [1.807, 2.05) is 0 Å². The van der Waals surface area contributed by atoms with Crippen molar-refractivity contribution in [2.75, 3.05) is 26.2 Å². The smallest absolute Gasteiger partial charge is 0.225 e. The Morgan fingerprint density at radius 3 is 2.75 bits per heavy atom. The minimum Gasteiger partial charge on any atom is -0.378 e. The van der Waals surface area contributed by atoms with Gasteiger partial charge in [0.05, 0.1) is 12.5 Å². The molecule has 2 aliphatic rings. The maximum absolute atomic E-state index is 12.6. The average molecular weight is 282 g/mol. The summed E-state index contributed by atoms with van der Waals surface area (Å²) in [6.07, 6.45) is 6.58. The molecule has 2 fully saturated rings. The summed E-state index contributed by atoms with van der Waals surface area (Å²) in [5.74, 6) is 0.889. The molecule has 0 bridgehead atoms. The van der Waals surface area contributed by atoms with Crippen LogP contribution in [-0.2, 0) is 9.53 Å². The van der Waals surface area contributed by atoms with Gasteiger partial charge in [0.1, 0.15) is 0 Å². The van der Waals surface area contributed by atoms with Crippen LogP contribution in [0, 0.1) is 5.92 Å². The molecule has 0 saturated carbocycles. The fourth-order valence-corrected chi connectivity index (χ4v) is 3.24. The minimum atomic E-state index is 0.155. The third-order valence-electron chi connectivity index (χ3n) is 4.47. The molecule has 2 heterocycles. The van der Waals surface area contributed by atoms with Crippen molar-refractivity contribution in [2.45, 2.75) is 64.5 Å². The topological polar surface area (TPSA) is 41.6 Å². The Hall–Kier alpha value is -0.610. The van der Waals surface area contributed by atoms with Crippen LogP contribution in [-0.4, -0.2) is 49.2 Å². The van der Waals surface area contributed by atoms with Crippen LogP contribution in [0.5, 0.6) is 0 Å². The number of carbonyl (C=O) groups excluding carboxylic acids is 1. The number of carbonyl (C=O) groups is 1. The Morgan fingerprint density at radius 1 is 1.30 bits per heavy atom. The van der Waals surface area contributed by atoms with E-state index < -0.39 is 0 Å². The van der Waals surface area contributed by atoms with Gasteiger partial charge in [-0.05, 0) is 65.0 Å². The second-order valence-corrected chi connectivity index (χ2v) is 6.54. The predicted octanol–water partition coefficient (Wildman–Crippen LogP) is 2.18. The lowest BCUT2D eigenvalue weighted by Gasteiger charge is -2.34. The molecule has 1 amide bonds. The van der Waals surface area contributed by atoms with Crippen molar-refractivity contribution in [3.8, 4) is 0 Å². The summed E-state index contributed by atoms with van der Waals surface area (Å²) in [6, 6.07) is 0.285. The molecule has 2 rings (SSSR count). The van der Waals surface area contributed by atoms with E-state index in [2.05, 4.69) is 24.1 Å². The molecular weight excluding hydrogens is 252 g/mol. The Bertz CT molecular complexity index is 295. The van der Waals surface area contributed by atoms with Gasteiger partial charge in [0, 0.05) is 19.2 Å². The quantitative estimate of drug-likeness (QED) is 0.840. The van der Waals surface area contributed by atoms with Crippen LogP contribution in [0.1, 0.15) is 52.4 Å². The zero-order valence-electron chi connectivity index (χ0n) is 13.1. The maximum atomic E-state index is 12.6. The average Bonchev–Trinajstić information content (AvgIpc) is 2.46. The second kappa shape index (κ2) is 7.99. The number of piperidine rings is 1. The summed E-state index contributed by atoms with van der Waals surface area (Å²) in [7, 11) is 0. The summed E-state index contributed by atoms with van der Waals surface area (Å²) in [4.78, 5) is 14.6. The Labute approximate surface area is 123 Å². The number of rotatable bonds is 5. The first kappa shape index (κ1) is 15.8. The zero-order chi connectivity index (χ0) is 14.4. The number of amides is 1. The first-order valence-electron chi connectivity index (χ1n) is 8.28. The molecule has 0 aromatic rings. The summed E-state index contributed by atoms with van der Waals surface area (Å²) in [6.45, 7) is 8.15. The van der Waals surface area contributed by atoms with Gasteiger partial charge in [0.25, 0.3) is 0 Å². The van der Waals surface area contributed by atoms with Crippen LogP contribution >= 0.6 is 0 Å². The molecule has 2 unspecified atom stereocenters. The van der Waals surface area contributed by atoms with E-state index >= 15 is 0 Å². The molecule has 2 aliphatic heterocycles. The van der Waals surface area contributed by atoms with E-state index in [4.69, 9.17) is 4.74 Å². The van der Waals surface area contributed by atoms with Crippen LogP contribution < -0.4 is 5.32 Å². The number of ether oxygens (including phenoxy) is 1. The van der Waals surface area contributed by atoms with E-state index in [0.717, 1.165) is 39.1 Å². The van der Waals surface area contributed by atoms with Crippen molar-refractivity contribution < 1.29 is 9.53 Å². The van der Waals surface area contributed by atoms with Gasteiger partial charge in [-0.15, -0.1) is 0 Å². The predicted molar refractivity (Wildman–Crippen MR) is 80.7 cm³/mol. The van der Waals surface area contributed by atoms with Crippen LogP contribution in [0.2, 0.25) is 0 Å². The molecule has 20 heavy (non-hydrogen) atoms. The Morgan fingerprint density at radius 2 is 2.15 bits per heavy atom. The molecule has 2 saturated heterocycles. The van der Waals surface area contributed by atoms with Gasteiger partial charge in [-0.25, -0.2) is 0 Å². The van der Waals surface area contributed by atoms with E-state index in [1.165, 1.54) is 19.3 Å². The van der Waals surface area contributed by atoms with E-state index in [1.54, 1.807) is 0 Å². The van der Waals surface area contributed by atoms with Crippen molar-refractivity contribution in [3.05, 3.63) is 0 Å². The largest absolute Gasteiger partial charge is 0.378 e. The third-order valence-corrected chi connectivity index (χ3v) is 4.47. The van der Waals surface area contributed by atoms with Gasteiger partial charge in [-0.2, -0.15) is 0 Å². The summed E-state index contributed by atoms with van der Waals surface area (Å²) < 4.78 is 5.71. The molecular formula is C16H30N2O2. The number of nitrogens with one attached hydrogen (secondary N) is 1. The van der Waals surface area contributed by atoms with E-state index in [-0.39, 0.29) is 18.1 Å². The molecule has 0 aromatic heterocycles. The fraction of sp³-hybridized carbons (Fsp3) is 0.938. The summed E-state index contributed by atoms with van der Waals surface area (Å²) >= 11 is 0. The molecule has 116 valence electrons. The van der Waals surface area contributed by atoms with Crippen LogP contribution in [0.15, 0.2) is 0 Å². The first-order chi connectivity index (χ1) is 9.66. The van der Waals surface area contributed by atoms with Gasteiger partial charge in [-0.3, -0.25) is 4.79 Å². The summed E-state index contributed by atoms with van der Waals surface area (Å²) in [5, 5.41) is 3.44. The first-order valence-corrected chi connectivity index (χ1v) is 8.28. The normalized spacial score (nSPS) is 27.6. The molecule has 0 radical (unpaired) electrons. The highest BCUT2D eigenvalue weighted by Crippen LogP contribution is 2.19. The highest BCUT2D eigenvalue weighted by atomic mass is 16.5. The number of nitrogens with zero attached hydrogens (tertiary/aromatic N) is 1. The van der Waals surface area contributed by atoms with Crippen molar-refractivity contribution in [1.82, 2.24) is 10.2 Å². The van der Waals surface area contributed by atoms with Gasteiger partial charge < -0.3 is 15.0 Å². The van der Waals surface area contributed by atoms with Crippen LogP contribution in [0.4, 0.5) is 0 Å². The van der Waals surface area contributed by atoms with Crippen molar-refractivity contribution in [1.29, 1.82) is 0 Å². The standard InChI is InChI=1S/C16H30N2O2/c1-13(2)18(12-14-6-5-8-17-11-14)16(19)10-15-7-3-4-9-20-15/h13-15,17H,3-12H2,1-2H3. The Kier molecular flexibility index (Phi) is 6.30. The molecule has 2 atom stereocenters. The van der Waals surface area contributed by atoms with Crippen LogP contribution in [0.3, 0.4) is 0 Å². The van der Waals surface area contributed by atoms with Crippen LogP contribution in [0.25, 0.3) is 0 Å². The minimum absolute atomic E-state index is 0.155. The molecule has 4 nitrogen and oxygen atoms in total. The van der Waals surface area contributed by atoms with Gasteiger partial charge in [0.15, 0.2) is 0 Å². The van der Waals surface area contributed by atoms with Crippen molar-refractivity contribution in [3.63, 3.8) is 0 Å². The van der Waals surface area contributed by atoms with Gasteiger partial charge >= 0.3 is 0 Å². The molecule has 0 spiro atoms. The molecule has 0 aliphatic carbocycles. The number of hydrogen-bond acceptors (Lipinski definition) is 3. The molecule has 1 N–H and O–H groups in total. The maximum Gasteiger partial charge on any atom is 0.225 e. The zero-order valence-corrected chi connectivity index (χ0v) is 13.1. The lowest BCUT2D eigenvalue weighted by molar-refractivity contribution is -0.137. The SMILES string of the molecule is CC(C)N(CC1CCCNC1)C(=O)CC1CCCCO1. The highest BCUT2D eigenvalue weighted by Gasteiger charge is 2.26. The van der Waals surface area contributed by atoms with Crippen molar-refractivity contribution >= 4 is 5.91 Å². The third kappa shape index (κ3) is 4.74. The molecule has 4 heteroatoms. The lowest BCUT2D eigenvalue weighted by atomic mass is 9.98. The van der Waals surface area contributed by atoms with Gasteiger partial charge in [0.2, 0.25) is 5.91 Å². The van der Waals surface area contributed by atoms with Gasteiger partial charge in [-0.1, -0.05) is 0 Å².